The summed E-state index contributed by atoms with van der Waals surface area (Å²) in [7, 11) is 1.70. The maximum atomic E-state index is 9.46. The van der Waals surface area contributed by atoms with Crippen molar-refractivity contribution in [3.05, 3.63) is 29.8 Å². The van der Waals surface area contributed by atoms with Gasteiger partial charge in [-0.3, -0.25) is 0 Å². The van der Waals surface area contributed by atoms with Crippen molar-refractivity contribution in [2.75, 3.05) is 7.11 Å². The van der Waals surface area contributed by atoms with E-state index in [1.165, 1.54) is 5.56 Å². The summed E-state index contributed by atoms with van der Waals surface area (Å²) in [5.41, 5.74) is 1.35. The lowest BCUT2D eigenvalue weighted by molar-refractivity contribution is 0.108. The average molecular weight is 220 g/mol. The molecule has 0 spiro atoms. The van der Waals surface area contributed by atoms with Crippen molar-refractivity contribution in [3.63, 3.8) is 0 Å². The zero-order valence-electron chi connectivity index (χ0n) is 9.86. The van der Waals surface area contributed by atoms with Gasteiger partial charge in [0.15, 0.2) is 0 Å². The second-order valence-electron chi connectivity index (χ2n) is 4.73. The van der Waals surface area contributed by atoms with Crippen molar-refractivity contribution in [1.82, 2.24) is 0 Å². The van der Waals surface area contributed by atoms with Crippen molar-refractivity contribution in [2.45, 2.75) is 38.2 Å². The third kappa shape index (κ3) is 2.99. The summed E-state index contributed by atoms with van der Waals surface area (Å²) in [6.07, 6.45) is 5.30. The molecule has 1 aliphatic carbocycles. The van der Waals surface area contributed by atoms with Gasteiger partial charge in [-0.2, -0.15) is 0 Å². The molecule has 0 aliphatic heterocycles. The Bertz CT molecular complexity index is 327. The zero-order chi connectivity index (χ0) is 11.4. The summed E-state index contributed by atoms with van der Waals surface area (Å²) in [6.45, 7) is 0. The SMILES string of the molecule is COc1cccc(CC2CCC(O)CC2)c1. The number of aliphatic hydroxyl groups is 1. The normalized spacial score (nSPS) is 25.4. The molecule has 2 nitrogen and oxygen atoms in total. The van der Waals surface area contributed by atoms with Crippen LogP contribution in [0.15, 0.2) is 24.3 Å². The van der Waals surface area contributed by atoms with E-state index in [2.05, 4.69) is 12.1 Å². The first-order valence-corrected chi connectivity index (χ1v) is 6.09. The van der Waals surface area contributed by atoms with Crippen LogP contribution in [-0.2, 0) is 6.42 Å². The van der Waals surface area contributed by atoms with Crippen LogP contribution in [0.5, 0.6) is 5.75 Å². The van der Waals surface area contributed by atoms with Crippen LogP contribution in [-0.4, -0.2) is 18.3 Å². The third-order valence-corrected chi connectivity index (χ3v) is 3.47. The summed E-state index contributed by atoms with van der Waals surface area (Å²) in [5.74, 6) is 1.67. The standard InChI is InChI=1S/C14H20O2/c1-16-14-4-2-3-12(10-14)9-11-5-7-13(15)8-6-11/h2-4,10-11,13,15H,5-9H2,1H3. The monoisotopic (exact) mass is 220 g/mol. The average Bonchev–Trinajstić information content (AvgIpc) is 2.32. The second kappa shape index (κ2) is 5.35. The molecule has 0 bridgehead atoms. The van der Waals surface area contributed by atoms with Crippen LogP contribution in [0.1, 0.15) is 31.2 Å². The fraction of sp³-hybridized carbons (Fsp3) is 0.571. The molecule has 1 fully saturated rings. The largest absolute Gasteiger partial charge is 0.497 e. The molecular formula is C14H20O2. The minimum Gasteiger partial charge on any atom is -0.497 e. The van der Waals surface area contributed by atoms with Gasteiger partial charge in [0.05, 0.1) is 13.2 Å². The first-order valence-electron chi connectivity index (χ1n) is 6.09. The van der Waals surface area contributed by atoms with E-state index in [4.69, 9.17) is 4.74 Å². The van der Waals surface area contributed by atoms with Crippen molar-refractivity contribution in [3.8, 4) is 5.75 Å². The molecule has 1 aromatic rings. The van der Waals surface area contributed by atoms with Crippen LogP contribution < -0.4 is 4.74 Å². The van der Waals surface area contributed by atoms with Gasteiger partial charge in [0.1, 0.15) is 5.75 Å². The molecule has 0 amide bonds. The highest BCUT2D eigenvalue weighted by molar-refractivity contribution is 5.28. The van der Waals surface area contributed by atoms with Gasteiger partial charge in [-0.15, -0.1) is 0 Å². The van der Waals surface area contributed by atoms with Gasteiger partial charge in [-0.1, -0.05) is 12.1 Å². The molecule has 2 rings (SSSR count). The van der Waals surface area contributed by atoms with E-state index >= 15 is 0 Å². The number of aliphatic hydroxyl groups excluding tert-OH is 1. The second-order valence-corrected chi connectivity index (χ2v) is 4.73. The molecule has 1 aliphatic rings. The fourth-order valence-corrected chi connectivity index (χ4v) is 2.48. The molecule has 0 unspecified atom stereocenters. The molecule has 0 heterocycles. The zero-order valence-corrected chi connectivity index (χ0v) is 9.86. The van der Waals surface area contributed by atoms with E-state index in [1.54, 1.807) is 7.11 Å². The van der Waals surface area contributed by atoms with E-state index in [-0.39, 0.29) is 6.10 Å². The summed E-state index contributed by atoms with van der Waals surface area (Å²) in [6, 6.07) is 8.30. The lowest BCUT2D eigenvalue weighted by Crippen LogP contribution is -2.19. The maximum absolute atomic E-state index is 9.46. The van der Waals surface area contributed by atoms with Crippen molar-refractivity contribution >= 4 is 0 Å². The van der Waals surface area contributed by atoms with Crippen molar-refractivity contribution in [1.29, 1.82) is 0 Å². The lowest BCUT2D eigenvalue weighted by Gasteiger charge is -2.25. The van der Waals surface area contributed by atoms with Crippen LogP contribution in [0, 0.1) is 5.92 Å². The molecule has 1 aromatic carbocycles. The number of methoxy groups -OCH3 is 1. The van der Waals surface area contributed by atoms with E-state index in [0.717, 1.165) is 43.8 Å². The minimum atomic E-state index is -0.0541. The highest BCUT2D eigenvalue weighted by atomic mass is 16.5. The molecule has 0 saturated heterocycles. The quantitative estimate of drug-likeness (QED) is 0.848. The van der Waals surface area contributed by atoms with Crippen LogP contribution >= 0.6 is 0 Å². The Balaban J connectivity index is 1.93. The number of rotatable bonds is 3. The Labute approximate surface area is 97.3 Å². The Morgan fingerprint density at radius 3 is 2.69 bits per heavy atom. The van der Waals surface area contributed by atoms with Gasteiger partial charge in [0.2, 0.25) is 0 Å². The molecule has 0 atom stereocenters. The summed E-state index contributed by atoms with van der Waals surface area (Å²) < 4.78 is 5.22. The molecule has 0 radical (unpaired) electrons. The molecule has 1 N–H and O–H groups in total. The summed E-state index contributed by atoms with van der Waals surface area (Å²) >= 11 is 0. The summed E-state index contributed by atoms with van der Waals surface area (Å²) in [5, 5.41) is 9.46. The van der Waals surface area contributed by atoms with Gasteiger partial charge < -0.3 is 9.84 Å². The molecule has 2 heteroatoms. The molecule has 88 valence electrons. The van der Waals surface area contributed by atoms with Gasteiger partial charge in [0.25, 0.3) is 0 Å². The van der Waals surface area contributed by atoms with Crippen LogP contribution in [0.3, 0.4) is 0 Å². The molecule has 1 saturated carbocycles. The van der Waals surface area contributed by atoms with Crippen LogP contribution in [0.2, 0.25) is 0 Å². The molecule has 0 aromatic heterocycles. The Morgan fingerprint density at radius 2 is 2.00 bits per heavy atom. The number of ether oxygens (including phenoxy) is 1. The first-order chi connectivity index (χ1) is 7.78. The van der Waals surface area contributed by atoms with Gasteiger partial charge in [-0.05, 0) is 55.7 Å². The number of hydrogen-bond acceptors (Lipinski definition) is 2. The fourth-order valence-electron chi connectivity index (χ4n) is 2.48. The highest BCUT2D eigenvalue weighted by Crippen LogP contribution is 2.28. The topological polar surface area (TPSA) is 29.5 Å². The number of hydrogen-bond donors (Lipinski definition) is 1. The highest BCUT2D eigenvalue weighted by Gasteiger charge is 2.19. The first kappa shape index (κ1) is 11.5. The van der Waals surface area contributed by atoms with E-state index < -0.39 is 0 Å². The van der Waals surface area contributed by atoms with E-state index in [9.17, 15) is 5.11 Å². The minimum absolute atomic E-state index is 0.0541. The van der Waals surface area contributed by atoms with Gasteiger partial charge in [-0.25, -0.2) is 0 Å². The van der Waals surface area contributed by atoms with Gasteiger partial charge in [0, 0.05) is 0 Å². The van der Waals surface area contributed by atoms with Crippen molar-refractivity contribution in [2.24, 2.45) is 5.92 Å². The molecule has 16 heavy (non-hydrogen) atoms. The number of benzene rings is 1. The van der Waals surface area contributed by atoms with E-state index in [1.807, 2.05) is 12.1 Å². The predicted octanol–water partition coefficient (Wildman–Crippen LogP) is 2.79. The summed E-state index contributed by atoms with van der Waals surface area (Å²) in [4.78, 5) is 0. The van der Waals surface area contributed by atoms with Crippen LogP contribution in [0.25, 0.3) is 0 Å². The smallest absolute Gasteiger partial charge is 0.119 e. The third-order valence-electron chi connectivity index (χ3n) is 3.47. The Morgan fingerprint density at radius 1 is 1.25 bits per heavy atom. The lowest BCUT2D eigenvalue weighted by atomic mass is 9.83. The Hall–Kier alpha value is -1.02. The maximum Gasteiger partial charge on any atom is 0.119 e. The predicted molar refractivity (Wildman–Crippen MR) is 64.7 cm³/mol. The Kier molecular flexibility index (Phi) is 3.83. The van der Waals surface area contributed by atoms with Gasteiger partial charge >= 0.3 is 0 Å². The molecular weight excluding hydrogens is 200 g/mol. The van der Waals surface area contributed by atoms with Crippen molar-refractivity contribution < 1.29 is 9.84 Å². The van der Waals surface area contributed by atoms with Crippen LogP contribution in [0.4, 0.5) is 0 Å². The van der Waals surface area contributed by atoms with E-state index in [0.29, 0.717) is 0 Å².